The van der Waals surface area contributed by atoms with Crippen LogP contribution in [0.4, 0.5) is 0 Å². The maximum Gasteiger partial charge on any atom is 0.276 e. The zero-order chi connectivity index (χ0) is 22.5. The molecular formula is C25H25N3O2S2. The smallest absolute Gasteiger partial charge is 0.276 e. The van der Waals surface area contributed by atoms with Crippen LogP contribution in [0.25, 0.3) is 15.9 Å². The highest BCUT2D eigenvalue weighted by atomic mass is 32.2. The minimum Gasteiger partial charge on any atom is -0.353 e. The number of nitrogens with one attached hydrogen (secondary N) is 1. The number of nitrogens with zero attached hydrogens (tertiary/aromatic N) is 2. The predicted octanol–water partition coefficient (Wildman–Crippen LogP) is 4.99. The highest BCUT2D eigenvalue weighted by molar-refractivity contribution is 7.99. The summed E-state index contributed by atoms with van der Waals surface area (Å²) < 4.78 is 2.25. The van der Waals surface area contributed by atoms with Crippen LogP contribution in [0.3, 0.4) is 0 Å². The van der Waals surface area contributed by atoms with Crippen LogP contribution in [0.15, 0.2) is 76.0 Å². The highest BCUT2D eigenvalue weighted by Gasteiger charge is 2.17. The second kappa shape index (κ2) is 10.1. The van der Waals surface area contributed by atoms with Crippen LogP contribution < -0.4 is 10.9 Å². The Labute approximate surface area is 195 Å². The average molecular weight is 464 g/mol. The maximum atomic E-state index is 13.2. The fourth-order valence-corrected chi connectivity index (χ4v) is 5.14. The summed E-state index contributed by atoms with van der Waals surface area (Å²) in [6, 6.07) is 19.9. The number of rotatable bonds is 8. The summed E-state index contributed by atoms with van der Waals surface area (Å²) >= 11 is 2.68. The molecule has 0 aliphatic heterocycles. The molecule has 1 N–H and O–H groups in total. The van der Waals surface area contributed by atoms with Gasteiger partial charge in [-0.2, -0.15) is 0 Å². The Kier molecular flexibility index (Phi) is 7.07. The lowest BCUT2D eigenvalue weighted by Crippen LogP contribution is -2.34. The summed E-state index contributed by atoms with van der Waals surface area (Å²) in [5.74, 6) is 0.135. The predicted molar refractivity (Wildman–Crippen MR) is 133 cm³/mol. The van der Waals surface area contributed by atoms with Crippen molar-refractivity contribution in [3.05, 3.63) is 87.5 Å². The number of aromatic nitrogens is 2. The van der Waals surface area contributed by atoms with Crippen LogP contribution in [0.5, 0.6) is 0 Å². The number of hydrogen-bond donors (Lipinski definition) is 1. The quantitative estimate of drug-likeness (QED) is 0.296. The van der Waals surface area contributed by atoms with Crippen molar-refractivity contribution in [2.45, 2.75) is 37.9 Å². The van der Waals surface area contributed by atoms with Crippen LogP contribution >= 0.6 is 23.1 Å². The molecule has 0 bridgehead atoms. The average Bonchev–Trinajstić information content (AvgIpc) is 3.27. The molecule has 4 aromatic rings. The van der Waals surface area contributed by atoms with Gasteiger partial charge in [-0.05, 0) is 55.3 Å². The molecule has 2 heterocycles. The van der Waals surface area contributed by atoms with Crippen molar-refractivity contribution in [2.24, 2.45) is 0 Å². The van der Waals surface area contributed by atoms with Crippen LogP contribution in [0.2, 0.25) is 0 Å². The molecule has 0 aliphatic rings. The molecule has 0 unspecified atom stereocenters. The normalized spacial score (nSPS) is 12.1. The molecule has 1 amide bonds. The van der Waals surface area contributed by atoms with E-state index >= 15 is 0 Å². The summed E-state index contributed by atoms with van der Waals surface area (Å²) in [6.07, 6.45) is 1.78. The van der Waals surface area contributed by atoms with E-state index in [4.69, 9.17) is 4.98 Å². The van der Waals surface area contributed by atoms with Crippen LogP contribution in [-0.4, -0.2) is 27.3 Å². The summed E-state index contributed by atoms with van der Waals surface area (Å²) in [7, 11) is 0. The molecule has 0 fully saturated rings. The lowest BCUT2D eigenvalue weighted by Gasteiger charge is -2.16. The van der Waals surface area contributed by atoms with Gasteiger partial charge in [-0.25, -0.2) is 4.98 Å². The second-order valence-electron chi connectivity index (χ2n) is 7.74. The first-order chi connectivity index (χ1) is 15.5. The van der Waals surface area contributed by atoms with Crippen LogP contribution in [0.1, 0.15) is 24.5 Å². The number of amides is 1. The van der Waals surface area contributed by atoms with E-state index in [0.717, 1.165) is 24.1 Å². The Bertz CT molecular complexity index is 1280. The third-order valence-electron chi connectivity index (χ3n) is 5.25. The largest absolute Gasteiger partial charge is 0.353 e. The van der Waals surface area contributed by atoms with Crippen molar-refractivity contribution < 1.29 is 4.79 Å². The molecule has 2 aromatic carbocycles. The number of carbonyl (C=O) groups is 1. The first kappa shape index (κ1) is 22.3. The second-order valence-corrected chi connectivity index (χ2v) is 9.60. The van der Waals surface area contributed by atoms with Crippen LogP contribution in [0, 0.1) is 6.92 Å². The van der Waals surface area contributed by atoms with Gasteiger partial charge < -0.3 is 5.32 Å². The topological polar surface area (TPSA) is 64.0 Å². The molecule has 0 spiro atoms. The Morgan fingerprint density at radius 1 is 1.12 bits per heavy atom. The molecule has 0 radical (unpaired) electrons. The number of para-hydroxylation sites is 1. The molecule has 2 aromatic heterocycles. The van der Waals surface area contributed by atoms with E-state index in [2.05, 4.69) is 17.4 Å². The van der Waals surface area contributed by atoms with E-state index in [1.54, 1.807) is 4.57 Å². The lowest BCUT2D eigenvalue weighted by molar-refractivity contribution is -0.119. The van der Waals surface area contributed by atoms with Gasteiger partial charge in [0.25, 0.3) is 5.56 Å². The number of thioether (sulfide) groups is 1. The number of benzene rings is 2. The van der Waals surface area contributed by atoms with Crippen molar-refractivity contribution in [1.82, 2.24) is 14.9 Å². The molecule has 7 heteroatoms. The minimum absolute atomic E-state index is 0.0634. The standard InChI is InChI=1S/C25H25N3O2S2/c1-17-8-6-7-11-21(17)28-24(30)23-20(14-15-31-23)27-25(28)32-16-22(29)26-18(2)12-13-19-9-4-3-5-10-19/h3-11,14-15,18H,12-13,16H2,1-2H3,(H,26,29)/t18-/m1/s1. The third-order valence-corrected chi connectivity index (χ3v) is 7.08. The molecule has 164 valence electrons. The third kappa shape index (κ3) is 5.11. The van der Waals surface area contributed by atoms with Gasteiger partial charge in [0.1, 0.15) is 4.70 Å². The molecule has 5 nitrogen and oxygen atoms in total. The van der Waals surface area contributed by atoms with Gasteiger partial charge in [0.2, 0.25) is 5.91 Å². The Balaban J connectivity index is 1.48. The number of fused-ring (bicyclic) bond motifs is 1. The fourth-order valence-electron chi connectivity index (χ4n) is 3.56. The van der Waals surface area contributed by atoms with Gasteiger partial charge in [-0.15, -0.1) is 11.3 Å². The number of aryl methyl sites for hydroxylation is 2. The van der Waals surface area contributed by atoms with Crippen molar-refractivity contribution in [3.8, 4) is 5.69 Å². The molecule has 32 heavy (non-hydrogen) atoms. The van der Waals surface area contributed by atoms with Crippen LogP contribution in [-0.2, 0) is 11.2 Å². The minimum atomic E-state index is -0.0987. The van der Waals surface area contributed by atoms with E-state index in [1.807, 2.05) is 67.8 Å². The highest BCUT2D eigenvalue weighted by Crippen LogP contribution is 2.25. The Morgan fingerprint density at radius 3 is 2.66 bits per heavy atom. The van der Waals surface area contributed by atoms with E-state index in [9.17, 15) is 9.59 Å². The van der Waals surface area contributed by atoms with E-state index in [-0.39, 0.29) is 23.3 Å². The fraction of sp³-hybridized carbons (Fsp3) is 0.240. The van der Waals surface area contributed by atoms with Crippen molar-refractivity contribution in [1.29, 1.82) is 0 Å². The van der Waals surface area contributed by atoms with Gasteiger partial charge in [-0.3, -0.25) is 14.2 Å². The Morgan fingerprint density at radius 2 is 1.88 bits per heavy atom. The summed E-state index contributed by atoms with van der Waals surface area (Å²) in [5.41, 5.74) is 3.61. The number of hydrogen-bond acceptors (Lipinski definition) is 5. The summed E-state index contributed by atoms with van der Waals surface area (Å²) in [6.45, 7) is 3.99. The molecule has 0 aliphatic carbocycles. The van der Waals surface area contributed by atoms with E-state index in [0.29, 0.717) is 15.4 Å². The first-order valence-corrected chi connectivity index (χ1v) is 12.4. The van der Waals surface area contributed by atoms with Gasteiger partial charge in [0.05, 0.1) is 17.0 Å². The lowest BCUT2D eigenvalue weighted by atomic mass is 10.1. The van der Waals surface area contributed by atoms with Gasteiger partial charge >= 0.3 is 0 Å². The molecule has 0 saturated carbocycles. The van der Waals surface area contributed by atoms with E-state index in [1.165, 1.54) is 28.7 Å². The van der Waals surface area contributed by atoms with Crippen molar-refractivity contribution >= 4 is 39.2 Å². The first-order valence-electron chi connectivity index (χ1n) is 10.6. The van der Waals surface area contributed by atoms with Gasteiger partial charge in [0, 0.05) is 6.04 Å². The van der Waals surface area contributed by atoms with Gasteiger partial charge in [0.15, 0.2) is 5.16 Å². The number of carbonyl (C=O) groups excluding carboxylic acids is 1. The summed E-state index contributed by atoms with van der Waals surface area (Å²) in [5, 5.41) is 5.47. The zero-order valence-corrected chi connectivity index (χ0v) is 19.7. The molecule has 1 atom stereocenters. The monoisotopic (exact) mass is 463 g/mol. The van der Waals surface area contributed by atoms with Crippen molar-refractivity contribution in [3.63, 3.8) is 0 Å². The maximum absolute atomic E-state index is 13.2. The molecule has 0 saturated heterocycles. The summed E-state index contributed by atoms with van der Waals surface area (Å²) in [4.78, 5) is 30.5. The van der Waals surface area contributed by atoms with Crippen molar-refractivity contribution in [2.75, 3.05) is 5.75 Å². The molecule has 4 rings (SSSR count). The van der Waals surface area contributed by atoms with Gasteiger partial charge in [-0.1, -0.05) is 60.3 Å². The SMILES string of the molecule is Cc1ccccc1-n1c(SCC(=O)N[C@H](C)CCc2ccccc2)nc2ccsc2c1=O. The molecular weight excluding hydrogens is 438 g/mol. The van der Waals surface area contributed by atoms with E-state index < -0.39 is 0 Å². The zero-order valence-electron chi connectivity index (χ0n) is 18.1. The number of thiophene rings is 1. The Hall–Kier alpha value is -2.90.